The smallest absolute Gasteiger partial charge is 0.268 e. The molecule has 2 N–H and O–H groups in total. The average Bonchev–Trinajstić information content (AvgIpc) is 3.30. The molecule has 0 fully saturated rings. The van der Waals surface area contributed by atoms with Crippen LogP contribution in [0.25, 0.3) is 0 Å². The van der Waals surface area contributed by atoms with E-state index in [4.69, 9.17) is 9.47 Å². The summed E-state index contributed by atoms with van der Waals surface area (Å²) < 4.78 is 13.0. The van der Waals surface area contributed by atoms with E-state index >= 15 is 0 Å². The summed E-state index contributed by atoms with van der Waals surface area (Å²) in [5.74, 6) is 0.145. The summed E-state index contributed by atoms with van der Waals surface area (Å²) in [4.78, 5) is 31.2. The molecule has 0 saturated carbocycles. The highest BCUT2D eigenvalue weighted by Gasteiger charge is 2.28. The number of carbonyl (C=O) groups is 2. The fourth-order valence-corrected chi connectivity index (χ4v) is 4.48. The van der Waals surface area contributed by atoms with Crippen molar-refractivity contribution in [2.45, 2.75) is 51.9 Å². The van der Waals surface area contributed by atoms with Gasteiger partial charge in [0.05, 0.1) is 43.7 Å². The maximum absolute atomic E-state index is 13.4. The van der Waals surface area contributed by atoms with E-state index in [-0.39, 0.29) is 30.5 Å². The number of hydrogen-bond donors (Lipinski definition) is 2. The van der Waals surface area contributed by atoms with Crippen LogP contribution in [-0.4, -0.2) is 35.1 Å². The highest BCUT2D eigenvalue weighted by molar-refractivity contribution is 6.01. The number of pyridine rings is 1. The van der Waals surface area contributed by atoms with Gasteiger partial charge in [-0.15, -0.1) is 0 Å². The molecule has 1 aliphatic heterocycles. The van der Waals surface area contributed by atoms with Crippen LogP contribution in [0.1, 0.15) is 76.6 Å². The number of aromatic nitrogens is 2. The van der Waals surface area contributed by atoms with Gasteiger partial charge < -0.3 is 24.7 Å². The molecule has 1 aromatic carbocycles. The highest BCUT2D eigenvalue weighted by Crippen LogP contribution is 2.27. The maximum atomic E-state index is 13.4. The van der Waals surface area contributed by atoms with Gasteiger partial charge in [0.25, 0.3) is 11.8 Å². The highest BCUT2D eigenvalue weighted by atomic mass is 16.5. The van der Waals surface area contributed by atoms with E-state index in [1.165, 1.54) is 0 Å². The van der Waals surface area contributed by atoms with Gasteiger partial charge in [-0.1, -0.05) is 44.2 Å². The van der Waals surface area contributed by atoms with Gasteiger partial charge in [-0.3, -0.25) is 14.6 Å². The number of fused-ring (bicyclic) bond motifs is 1. The van der Waals surface area contributed by atoms with Crippen LogP contribution in [0.15, 0.2) is 54.7 Å². The molecular formula is C27H32N4O4. The Morgan fingerprint density at radius 3 is 2.51 bits per heavy atom. The number of hydrogen-bond acceptors (Lipinski definition) is 5. The van der Waals surface area contributed by atoms with Gasteiger partial charge in [0.15, 0.2) is 0 Å². The molecule has 3 aromatic rings. The fraction of sp³-hybridized carbons (Fsp3) is 0.370. The molecule has 2 atom stereocenters. The third kappa shape index (κ3) is 5.22. The monoisotopic (exact) mass is 476 g/mol. The summed E-state index contributed by atoms with van der Waals surface area (Å²) in [6.07, 6.45) is 3.07. The van der Waals surface area contributed by atoms with Gasteiger partial charge in [0, 0.05) is 12.7 Å². The molecule has 4 rings (SSSR count). The lowest BCUT2D eigenvalue weighted by Crippen LogP contribution is -2.32. The normalized spacial score (nSPS) is 14.5. The van der Waals surface area contributed by atoms with E-state index in [1.807, 2.05) is 54.8 Å². The van der Waals surface area contributed by atoms with Crippen LogP contribution >= 0.6 is 0 Å². The van der Waals surface area contributed by atoms with Crippen molar-refractivity contribution in [3.8, 4) is 5.75 Å². The van der Waals surface area contributed by atoms with Gasteiger partial charge in [-0.05, 0) is 36.6 Å². The Kier molecular flexibility index (Phi) is 7.82. The van der Waals surface area contributed by atoms with Crippen molar-refractivity contribution in [1.29, 1.82) is 0 Å². The van der Waals surface area contributed by atoms with Crippen LogP contribution < -0.4 is 15.4 Å². The van der Waals surface area contributed by atoms with E-state index in [1.54, 1.807) is 25.4 Å². The van der Waals surface area contributed by atoms with Crippen LogP contribution in [0.5, 0.6) is 5.75 Å². The average molecular weight is 477 g/mol. The summed E-state index contributed by atoms with van der Waals surface area (Å²) in [5, 5.41) is 6.21. The molecule has 0 bridgehead atoms. The van der Waals surface area contributed by atoms with Crippen LogP contribution in [0.3, 0.4) is 0 Å². The number of nitrogens with zero attached hydrogens (tertiary/aromatic N) is 2. The Hall–Kier alpha value is -3.65. The number of ether oxygens (including phenoxy) is 2. The number of carbonyl (C=O) groups excluding carboxylic acids is 2. The SMILES string of the molecule is CC[C@@H](NC(=O)c1cc(C(=O)N[C@H](CC)c2ncccc2OC)n2c1COCC2)c1ccccc1. The number of rotatable bonds is 9. The number of amides is 2. The molecule has 2 aromatic heterocycles. The molecule has 8 heteroatoms. The predicted octanol–water partition coefficient (Wildman–Crippen LogP) is 4.18. The lowest BCUT2D eigenvalue weighted by atomic mass is 10.0. The zero-order valence-corrected chi connectivity index (χ0v) is 20.4. The molecule has 8 nitrogen and oxygen atoms in total. The van der Waals surface area contributed by atoms with Crippen LogP contribution in [-0.2, 0) is 17.9 Å². The summed E-state index contributed by atoms with van der Waals surface area (Å²) in [5.41, 5.74) is 3.33. The lowest BCUT2D eigenvalue weighted by molar-refractivity contribution is 0.0773. The molecule has 1 aliphatic rings. The largest absolute Gasteiger partial charge is 0.495 e. The van der Waals surface area contributed by atoms with E-state index in [0.717, 1.165) is 12.0 Å². The zero-order valence-electron chi connectivity index (χ0n) is 20.4. The summed E-state index contributed by atoms with van der Waals surface area (Å²) >= 11 is 0. The van der Waals surface area contributed by atoms with E-state index in [9.17, 15) is 9.59 Å². The molecule has 184 valence electrons. The van der Waals surface area contributed by atoms with Crippen molar-refractivity contribution >= 4 is 11.8 Å². The molecule has 0 saturated heterocycles. The minimum Gasteiger partial charge on any atom is -0.495 e. The third-order valence-corrected chi connectivity index (χ3v) is 6.36. The van der Waals surface area contributed by atoms with Crippen molar-refractivity contribution in [2.24, 2.45) is 0 Å². The second-order valence-corrected chi connectivity index (χ2v) is 8.46. The number of methoxy groups -OCH3 is 1. The number of nitrogens with one attached hydrogen (secondary N) is 2. The molecule has 0 radical (unpaired) electrons. The Morgan fingerprint density at radius 2 is 1.80 bits per heavy atom. The van der Waals surface area contributed by atoms with Crippen molar-refractivity contribution in [1.82, 2.24) is 20.2 Å². The Balaban J connectivity index is 1.60. The van der Waals surface area contributed by atoms with Gasteiger partial charge >= 0.3 is 0 Å². The summed E-state index contributed by atoms with van der Waals surface area (Å²) in [7, 11) is 1.59. The number of benzene rings is 1. The molecule has 0 aliphatic carbocycles. The van der Waals surface area contributed by atoms with E-state index in [0.29, 0.717) is 48.0 Å². The molecular weight excluding hydrogens is 444 g/mol. The maximum Gasteiger partial charge on any atom is 0.268 e. The molecule has 3 heterocycles. The second kappa shape index (κ2) is 11.2. The van der Waals surface area contributed by atoms with E-state index in [2.05, 4.69) is 15.6 Å². The van der Waals surface area contributed by atoms with Crippen molar-refractivity contribution in [3.63, 3.8) is 0 Å². The fourth-order valence-electron chi connectivity index (χ4n) is 4.48. The van der Waals surface area contributed by atoms with Gasteiger partial charge in [0.1, 0.15) is 17.1 Å². The Bertz CT molecular complexity index is 1180. The molecule has 0 spiro atoms. The van der Waals surface area contributed by atoms with E-state index < -0.39 is 0 Å². The first kappa shape index (κ1) is 24.5. The second-order valence-electron chi connectivity index (χ2n) is 8.46. The van der Waals surface area contributed by atoms with Crippen LogP contribution in [0.4, 0.5) is 0 Å². The minimum absolute atomic E-state index is 0.123. The minimum atomic E-state index is -0.329. The Morgan fingerprint density at radius 1 is 1.06 bits per heavy atom. The first-order valence-electron chi connectivity index (χ1n) is 12.0. The first-order chi connectivity index (χ1) is 17.1. The standard InChI is InChI=1S/C27H32N4O4/c1-4-20(18-10-7-6-8-11-18)29-26(32)19-16-22(31-14-15-35-17-23(19)31)27(33)30-21(5-2)25-24(34-3)12-9-13-28-25/h6-13,16,20-21H,4-5,14-15,17H2,1-3H3,(H,29,32)(H,30,33)/t20-,21-/m1/s1. The summed E-state index contributed by atoms with van der Waals surface area (Å²) in [6.45, 7) is 5.28. The topological polar surface area (TPSA) is 94.5 Å². The molecule has 0 unspecified atom stereocenters. The van der Waals surface area contributed by atoms with Gasteiger partial charge in [-0.2, -0.15) is 0 Å². The summed E-state index contributed by atoms with van der Waals surface area (Å²) in [6, 6.07) is 14.7. The molecule has 35 heavy (non-hydrogen) atoms. The van der Waals surface area contributed by atoms with Crippen LogP contribution in [0, 0.1) is 0 Å². The van der Waals surface area contributed by atoms with Crippen molar-refractivity contribution < 1.29 is 19.1 Å². The zero-order chi connectivity index (χ0) is 24.8. The van der Waals surface area contributed by atoms with Crippen molar-refractivity contribution in [2.75, 3.05) is 13.7 Å². The van der Waals surface area contributed by atoms with Gasteiger partial charge in [-0.25, -0.2) is 0 Å². The lowest BCUT2D eigenvalue weighted by Gasteiger charge is -2.22. The van der Waals surface area contributed by atoms with Crippen molar-refractivity contribution in [3.05, 3.63) is 82.9 Å². The quantitative estimate of drug-likeness (QED) is 0.483. The molecule has 2 amide bonds. The third-order valence-electron chi connectivity index (χ3n) is 6.36. The first-order valence-corrected chi connectivity index (χ1v) is 12.0. The predicted molar refractivity (Wildman–Crippen MR) is 132 cm³/mol. The van der Waals surface area contributed by atoms with Crippen LogP contribution in [0.2, 0.25) is 0 Å². The van der Waals surface area contributed by atoms with Gasteiger partial charge in [0.2, 0.25) is 0 Å². The Labute approximate surface area is 205 Å².